The van der Waals surface area contributed by atoms with Crippen molar-refractivity contribution < 1.29 is 9.84 Å². The fraction of sp³-hybridized carbons (Fsp3) is 0.294. The summed E-state index contributed by atoms with van der Waals surface area (Å²) in [5.41, 5.74) is 4.49. The van der Waals surface area contributed by atoms with Gasteiger partial charge in [-0.2, -0.15) is 0 Å². The molecule has 1 N–H and O–H groups in total. The summed E-state index contributed by atoms with van der Waals surface area (Å²) in [5, 5.41) is 10.3. The van der Waals surface area contributed by atoms with Crippen LogP contribution in [0.5, 0.6) is 5.75 Å². The standard InChI is InChI=1S/C17H18O2/c1-11-7-12(2)9-13(8-11)17-10-15(18)14-5-3-4-6-16(14)19-17/h3-9,15,17-18H,10H2,1-2H3/t15-,17?/m0/s1. The van der Waals surface area contributed by atoms with Crippen LogP contribution in [-0.4, -0.2) is 5.11 Å². The van der Waals surface area contributed by atoms with E-state index >= 15 is 0 Å². The molecule has 1 aliphatic heterocycles. The number of benzene rings is 2. The minimum Gasteiger partial charge on any atom is -0.485 e. The fourth-order valence-corrected chi connectivity index (χ4v) is 2.79. The highest BCUT2D eigenvalue weighted by molar-refractivity contribution is 5.39. The van der Waals surface area contributed by atoms with Crippen molar-refractivity contribution in [3.8, 4) is 5.75 Å². The van der Waals surface area contributed by atoms with Gasteiger partial charge in [0.25, 0.3) is 0 Å². The Morgan fingerprint density at radius 2 is 1.74 bits per heavy atom. The van der Waals surface area contributed by atoms with E-state index in [2.05, 4.69) is 32.0 Å². The second kappa shape index (κ2) is 4.71. The highest BCUT2D eigenvalue weighted by Gasteiger charge is 2.27. The predicted octanol–water partition coefficient (Wildman–Crippen LogP) is 3.86. The van der Waals surface area contributed by atoms with Gasteiger partial charge < -0.3 is 9.84 Å². The third-order valence-corrected chi connectivity index (χ3v) is 3.60. The average Bonchev–Trinajstić information content (AvgIpc) is 2.37. The second-order valence-corrected chi connectivity index (χ2v) is 5.32. The van der Waals surface area contributed by atoms with Crippen LogP contribution in [0.3, 0.4) is 0 Å². The fourth-order valence-electron chi connectivity index (χ4n) is 2.79. The van der Waals surface area contributed by atoms with Crippen LogP contribution < -0.4 is 4.74 Å². The maximum Gasteiger partial charge on any atom is 0.127 e. The maximum atomic E-state index is 10.3. The first-order valence-corrected chi connectivity index (χ1v) is 6.65. The Morgan fingerprint density at radius 1 is 1.05 bits per heavy atom. The smallest absolute Gasteiger partial charge is 0.127 e. The molecule has 0 saturated carbocycles. The van der Waals surface area contributed by atoms with E-state index in [9.17, 15) is 5.11 Å². The lowest BCUT2D eigenvalue weighted by Gasteiger charge is -2.30. The molecular weight excluding hydrogens is 236 g/mol. The molecule has 0 saturated heterocycles. The number of para-hydroxylation sites is 1. The summed E-state index contributed by atoms with van der Waals surface area (Å²) < 4.78 is 6.04. The first-order valence-electron chi connectivity index (χ1n) is 6.65. The highest BCUT2D eigenvalue weighted by Crippen LogP contribution is 2.40. The first-order chi connectivity index (χ1) is 9.13. The van der Waals surface area contributed by atoms with Gasteiger partial charge in [0.05, 0.1) is 6.10 Å². The molecule has 0 fully saturated rings. The summed E-state index contributed by atoms with van der Waals surface area (Å²) in [6.07, 6.45) is 0.0965. The van der Waals surface area contributed by atoms with E-state index in [-0.39, 0.29) is 6.10 Å². The van der Waals surface area contributed by atoms with Crippen molar-refractivity contribution in [3.63, 3.8) is 0 Å². The van der Waals surface area contributed by atoms with Crippen molar-refractivity contribution in [2.45, 2.75) is 32.5 Å². The molecule has 1 heterocycles. The van der Waals surface area contributed by atoms with Crippen molar-refractivity contribution in [1.82, 2.24) is 0 Å². The number of rotatable bonds is 1. The molecule has 19 heavy (non-hydrogen) atoms. The van der Waals surface area contributed by atoms with Gasteiger partial charge in [0.1, 0.15) is 11.9 Å². The van der Waals surface area contributed by atoms with Crippen molar-refractivity contribution in [2.75, 3.05) is 0 Å². The zero-order valence-corrected chi connectivity index (χ0v) is 11.3. The van der Waals surface area contributed by atoms with Gasteiger partial charge in [0.2, 0.25) is 0 Å². The van der Waals surface area contributed by atoms with Gasteiger partial charge in [-0.3, -0.25) is 0 Å². The quantitative estimate of drug-likeness (QED) is 0.837. The van der Waals surface area contributed by atoms with Crippen LogP contribution in [0.2, 0.25) is 0 Å². The molecule has 0 radical (unpaired) electrons. The van der Waals surface area contributed by atoms with Gasteiger partial charge in [-0.05, 0) is 25.5 Å². The van der Waals surface area contributed by atoms with Crippen molar-refractivity contribution in [2.24, 2.45) is 0 Å². The van der Waals surface area contributed by atoms with Crippen molar-refractivity contribution in [3.05, 3.63) is 64.7 Å². The summed E-state index contributed by atoms with van der Waals surface area (Å²) in [7, 11) is 0. The van der Waals surface area contributed by atoms with E-state index in [1.54, 1.807) is 0 Å². The molecule has 2 heteroatoms. The first kappa shape index (κ1) is 12.2. The van der Waals surface area contributed by atoms with E-state index in [1.807, 2.05) is 24.3 Å². The third kappa shape index (κ3) is 2.36. The van der Waals surface area contributed by atoms with E-state index in [4.69, 9.17) is 4.74 Å². The molecule has 0 aromatic heterocycles. The molecule has 0 bridgehead atoms. The lowest BCUT2D eigenvalue weighted by Crippen LogP contribution is -2.19. The molecule has 0 aliphatic carbocycles. The van der Waals surface area contributed by atoms with E-state index in [1.165, 1.54) is 11.1 Å². The molecule has 2 nitrogen and oxygen atoms in total. The Morgan fingerprint density at radius 3 is 2.47 bits per heavy atom. The SMILES string of the molecule is Cc1cc(C)cc(C2C[C@H](O)c3ccccc3O2)c1. The molecule has 3 rings (SSSR count). The number of aliphatic hydroxyl groups is 1. The van der Waals surface area contributed by atoms with Crippen LogP contribution in [-0.2, 0) is 0 Å². The maximum absolute atomic E-state index is 10.3. The number of ether oxygens (including phenoxy) is 1. The Hall–Kier alpha value is -1.80. The van der Waals surface area contributed by atoms with Gasteiger partial charge in [0.15, 0.2) is 0 Å². The van der Waals surface area contributed by atoms with Gasteiger partial charge in [-0.15, -0.1) is 0 Å². The normalized spacial score (nSPS) is 21.6. The lowest BCUT2D eigenvalue weighted by molar-refractivity contribution is 0.0657. The third-order valence-electron chi connectivity index (χ3n) is 3.60. The Labute approximate surface area is 113 Å². The lowest BCUT2D eigenvalue weighted by atomic mass is 9.93. The summed E-state index contributed by atoms with van der Waals surface area (Å²) in [6, 6.07) is 14.1. The Balaban J connectivity index is 1.96. The molecular formula is C17H18O2. The summed E-state index contributed by atoms with van der Waals surface area (Å²) in [5.74, 6) is 0.797. The Bertz CT molecular complexity index is 584. The summed E-state index contributed by atoms with van der Waals surface area (Å²) >= 11 is 0. The summed E-state index contributed by atoms with van der Waals surface area (Å²) in [6.45, 7) is 4.17. The van der Waals surface area contributed by atoms with Gasteiger partial charge >= 0.3 is 0 Å². The van der Waals surface area contributed by atoms with Gasteiger partial charge in [0, 0.05) is 12.0 Å². The van der Waals surface area contributed by atoms with Crippen molar-refractivity contribution in [1.29, 1.82) is 0 Å². The van der Waals surface area contributed by atoms with Crippen molar-refractivity contribution >= 4 is 0 Å². The molecule has 2 aromatic carbocycles. The molecule has 0 amide bonds. The molecule has 0 spiro atoms. The number of hydrogen-bond acceptors (Lipinski definition) is 2. The highest BCUT2D eigenvalue weighted by atomic mass is 16.5. The van der Waals surface area contributed by atoms with Crippen LogP contribution in [0.1, 0.15) is 40.9 Å². The predicted molar refractivity (Wildman–Crippen MR) is 75.3 cm³/mol. The topological polar surface area (TPSA) is 29.5 Å². The Kier molecular flexibility index (Phi) is 3.03. The van der Waals surface area contributed by atoms with Crippen LogP contribution in [0.15, 0.2) is 42.5 Å². The van der Waals surface area contributed by atoms with Crippen LogP contribution in [0.4, 0.5) is 0 Å². The molecule has 1 unspecified atom stereocenters. The van der Waals surface area contributed by atoms with E-state index < -0.39 is 6.10 Å². The minimum absolute atomic E-state index is 0.0662. The zero-order chi connectivity index (χ0) is 13.4. The monoisotopic (exact) mass is 254 g/mol. The molecule has 2 atom stereocenters. The largest absolute Gasteiger partial charge is 0.485 e. The number of aliphatic hydroxyl groups excluding tert-OH is 1. The summed E-state index contributed by atoms with van der Waals surface area (Å²) in [4.78, 5) is 0. The molecule has 1 aliphatic rings. The van der Waals surface area contributed by atoms with Gasteiger partial charge in [-0.1, -0.05) is 47.5 Å². The second-order valence-electron chi connectivity index (χ2n) is 5.32. The molecule has 98 valence electrons. The van der Waals surface area contributed by atoms with E-state index in [0.29, 0.717) is 6.42 Å². The van der Waals surface area contributed by atoms with E-state index in [0.717, 1.165) is 16.9 Å². The minimum atomic E-state index is -0.448. The van der Waals surface area contributed by atoms with Crippen LogP contribution in [0, 0.1) is 13.8 Å². The number of fused-ring (bicyclic) bond motifs is 1. The number of aryl methyl sites for hydroxylation is 2. The van der Waals surface area contributed by atoms with Crippen LogP contribution >= 0.6 is 0 Å². The zero-order valence-electron chi connectivity index (χ0n) is 11.3. The van der Waals surface area contributed by atoms with Gasteiger partial charge in [-0.25, -0.2) is 0 Å². The molecule has 2 aromatic rings. The average molecular weight is 254 g/mol. The number of hydrogen-bond donors (Lipinski definition) is 1. The van der Waals surface area contributed by atoms with Crippen LogP contribution in [0.25, 0.3) is 0 Å².